The van der Waals surface area contributed by atoms with Crippen LogP contribution in [0.4, 0.5) is 4.79 Å². The van der Waals surface area contributed by atoms with Gasteiger partial charge in [-0.05, 0) is 49.4 Å². The molecule has 1 fully saturated rings. The fraction of sp³-hybridized carbons (Fsp3) is 0.526. The summed E-state index contributed by atoms with van der Waals surface area (Å²) in [6, 6.07) is 7.17. The highest BCUT2D eigenvalue weighted by Gasteiger charge is 2.25. The van der Waals surface area contributed by atoms with Crippen LogP contribution in [0.25, 0.3) is 0 Å². The number of benzene rings is 1. The third-order valence-electron chi connectivity index (χ3n) is 4.59. The highest BCUT2D eigenvalue weighted by molar-refractivity contribution is 5.94. The highest BCUT2D eigenvalue weighted by atomic mass is 16.6. The number of tetrazole rings is 1. The fourth-order valence-electron chi connectivity index (χ4n) is 3.06. The third-order valence-corrected chi connectivity index (χ3v) is 4.59. The number of aromatic nitrogens is 4. The summed E-state index contributed by atoms with van der Waals surface area (Å²) in [4.78, 5) is 28.0. The lowest BCUT2D eigenvalue weighted by molar-refractivity contribution is 0.0570. The van der Waals surface area contributed by atoms with Gasteiger partial charge in [0.2, 0.25) is 0 Å². The lowest BCUT2D eigenvalue weighted by Crippen LogP contribution is -2.50. The van der Waals surface area contributed by atoms with Gasteiger partial charge in [0.1, 0.15) is 12.4 Å². The first-order valence-electron chi connectivity index (χ1n) is 9.70. The maximum Gasteiger partial charge on any atom is 0.409 e. The Morgan fingerprint density at radius 2 is 1.86 bits per heavy atom. The van der Waals surface area contributed by atoms with Crippen LogP contribution in [0.5, 0.6) is 5.75 Å². The van der Waals surface area contributed by atoms with Crippen LogP contribution in [0.2, 0.25) is 0 Å². The minimum absolute atomic E-state index is 0.0917. The van der Waals surface area contributed by atoms with E-state index in [2.05, 4.69) is 15.5 Å². The lowest BCUT2D eigenvalue weighted by Gasteiger charge is -2.34. The summed E-state index contributed by atoms with van der Waals surface area (Å²) in [5.41, 5.74) is 0.538. The Labute approximate surface area is 169 Å². The number of carbonyl (C=O) groups excluding carboxylic acids is 2. The van der Waals surface area contributed by atoms with Gasteiger partial charge in [0, 0.05) is 31.7 Å². The standard InChI is InChI=1S/C19H26N6O4/c1-4-28-19(27)24-10-8-23(9-11-24)18(26)15-6-5-7-16(12-15)29-13-17-20-21-22-25(17)14(2)3/h5-7,12,14H,4,8-11,13H2,1-3H3. The second kappa shape index (κ2) is 9.35. The molecule has 0 bridgehead atoms. The molecule has 0 N–H and O–H groups in total. The number of piperazine rings is 1. The first-order chi connectivity index (χ1) is 14.0. The molecule has 2 aromatic rings. The van der Waals surface area contributed by atoms with Crippen LogP contribution in [0.3, 0.4) is 0 Å². The van der Waals surface area contributed by atoms with Gasteiger partial charge in [-0.3, -0.25) is 4.79 Å². The number of ether oxygens (including phenoxy) is 2. The predicted octanol–water partition coefficient (Wildman–Crippen LogP) is 1.75. The van der Waals surface area contributed by atoms with Gasteiger partial charge in [-0.2, -0.15) is 0 Å². The van der Waals surface area contributed by atoms with Gasteiger partial charge < -0.3 is 19.3 Å². The molecule has 1 saturated heterocycles. The third kappa shape index (κ3) is 5.01. The molecule has 0 unspecified atom stereocenters. The Bertz CT molecular complexity index is 845. The molecule has 29 heavy (non-hydrogen) atoms. The first kappa shape index (κ1) is 20.6. The molecule has 0 radical (unpaired) electrons. The van der Waals surface area contributed by atoms with Crippen molar-refractivity contribution in [3.05, 3.63) is 35.7 Å². The molecule has 3 rings (SSSR count). The van der Waals surface area contributed by atoms with E-state index >= 15 is 0 Å². The van der Waals surface area contributed by atoms with E-state index in [0.29, 0.717) is 49.9 Å². The molecule has 1 aromatic heterocycles. The van der Waals surface area contributed by atoms with Crippen LogP contribution < -0.4 is 4.74 Å². The molecule has 1 aromatic carbocycles. The monoisotopic (exact) mass is 402 g/mol. The summed E-state index contributed by atoms with van der Waals surface area (Å²) in [6.45, 7) is 8.14. The minimum Gasteiger partial charge on any atom is -0.486 e. The van der Waals surface area contributed by atoms with Crippen molar-refractivity contribution in [2.24, 2.45) is 0 Å². The molecular weight excluding hydrogens is 376 g/mol. The van der Waals surface area contributed by atoms with Crippen molar-refractivity contribution in [3.8, 4) is 5.75 Å². The summed E-state index contributed by atoms with van der Waals surface area (Å²) < 4.78 is 12.5. The molecule has 1 aliphatic rings. The number of amides is 2. The Morgan fingerprint density at radius 1 is 1.14 bits per heavy atom. The van der Waals surface area contributed by atoms with Gasteiger partial charge in [0.25, 0.3) is 5.91 Å². The lowest BCUT2D eigenvalue weighted by atomic mass is 10.1. The normalized spacial score (nSPS) is 14.2. The van der Waals surface area contributed by atoms with Crippen LogP contribution in [-0.2, 0) is 11.3 Å². The van der Waals surface area contributed by atoms with Crippen molar-refractivity contribution in [2.45, 2.75) is 33.4 Å². The van der Waals surface area contributed by atoms with Crippen LogP contribution >= 0.6 is 0 Å². The second-order valence-corrected chi connectivity index (χ2v) is 6.93. The minimum atomic E-state index is -0.335. The molecule has 0 atom stereocenters. The zero-order chi connectivity index (χ0) is 20.8. The van der Waals surface area contributed by atoms with Crippen molar-refractivity contribution in [3.63, 3.8) is 0 Å². The van der Waals surface area contributed by atoms with E-state index in [1.807, 2.05) is 13.8 Å². The Balaban J connectivity index is 1.58. The number of nitrogens with zero attached hydrogens (tertiary/aromatic N) is 6. The van der Waals surface area contributed by atoms with E-state index in [9.17, 15) is 9.59 Å². The van der Waals surface area contributed by atoms with Gasteiger partial charge in [-0.1, -0.05) is 6.07 Å². The largest absolute Gasteiger partial charge is 0.486 e. The van der Waals surface area contributed by atoms with E-state index in [0.717, 1.165) is 0 Å². The van der Waals surface area contributed by atoms with E-state index in [-0.39, 0.29) is 24.6 Å². The van der Waals surface area contributed by atoms with Gasteiger partial charge >= 0.3 is 6.09 Å². The summed E-state index contributed by atoms with van der Waals surface area (Å²) in [5, 5.41) is 11.6. The van der Waals surface area contributed by atoms with Gasteiger partial charge in [0.15, 0.2) is 5.82 Å². The van der Waals surface area contributed by atoms with Crippen LogP contribution in [0, 0.1) is 0 Å². The molecule has 156 valence electrons. The zero-order valence-corrected chi connectivity index (χ0v) is 16.9. The Morgan fingerprint density at radius 3 is 2.55 bits per heavy atom. The topological polar surface area (TPSA) is 103 Å². The average Bonchev–Trinajstić information content (AvgIpc) is 3.21. The van der Waals surface area contributed by atoms with Gasteiger partial charge in [-0.15, -0.1) is 5.10 Å². The van der Waals surface area contributed by atoms with Crippen LogP contribution in [0.1, 0.15) is 43.0 Å². The zero-order valence-electron chi connectivity index (χ0n) is 16.9. The van der Waals surface area contributed by atoms with E-state index in [4.69, 9.17) is 9.47 Å². The Kier molecular flexibility index (Phi) is 6.63. The SMILES string of the molecule is CCOC(=O)N1CCN(C(=O)c2cccc(OCc3nnnn3C(C)C)c2)CC1. The number of rotatable bonds is 6. The fourth-order valence-corrected chi connectivity index (χ4v) is 3.06. The molecule has 2 heterocycles. The number of hydrogen-bond acceptors (Lipinski definition) is 7. The summed E-state index contributed by atoms with van der Waals surface area (Å²) in [6.07, 6.45) is -0.335. The maximum atomic E-state index is 12.8. The quantitative estimate of drug-likeness (QED) is 0.725. The smallest absolute Gasteiger partial charge is 0.409 e. The van der Waals surface area contributed by atoms with Gasteiger partial charge in [-0.25, -0.2) is 9.48 Å². The number of hydrogen-bond donors (Lipinski definition) is 0. The van der Waals surface area contributed by atoms with Crippen molar-refractivity contribution in [2.75, 3.05) is 32.8 Å². The molecular formula is C19H26N6O4. The van der Waals surface area contributed by atoms with Crippen molar-refractivity contribution < 1.29 is 19.1 Å². The molecule has 0 saturated carbocycles. The summed E-state index contributed by atoms with van der Waals surface area (Å²) >= 11 is 0. The van der Waals surface area contributed by atoms with E-state index in [1.54, 1.807) is 45.7 Å². The molecule has 2 amide bonds. The molecule has 0 spiro atoms. The summed E-state index contributed by atoms with van der Waals surface area (Å²) in [7, 11) is 0. The van der Waals surface area contributed by atoms with Gasteiger partial charge in [0.05, 0.1) is 12.6 Å². The average molecular weight is 402 g/mol. The molecule has 1 aliphatic heterocycles. The Hall–Kier alpha value is -3.17. The maximum absolute atomic E-state index is 12.8. The van der Waals surface area contributed by atoms with Crippen LogP contribution in [0.15, 0.2) is 24.3 Å². The van der Waals surface area contributed by atoms with E-state index in [1.165, 1.54) is 0 Å². The van der Waals surface area contributed by atoms with Crippen molar-refractivity contribution in [1.29, 1.82) is 0 Å². The number of carbonyl (C=O) groups is 2. The highest BCUT2D eigenvalue weighted by Crippen LogP contribution is 2.18. The van der Waals surface area contributed by atoms with Crippen molar-refractivity contribution in [1.82, 2.24) is 30.0 Å². The molecule has 0 aliphatic carbocycles. The first-order valence-corrected chi connectivity index (χ1v) is 9.70. The van der Waals surface area contributed by atoms with Crippen LogP contribution in [-0.4, -0.2) is 74.8 Å². The second-order valence-electron chi connectivity index (χ2n) is 6.93. The molecule has 10 nitrogen and oxygen atoms in total. The summed E-state index contributed by atoms with van der Waals surface area (Å²) in [5.74, 6) is 1.09. The predicted molar refractivity (Wildman–Crippen MR) is 103 cm³/mol. The molecule has 10 heteroatoms. The van der Waals surface area contributed by atoms with Crippen molar-refractivity contribution >= 4 is 12.0 Å². The van der Waals surface area contributed by atoms with E-state index < -0.39 is 0 Å².